The molecule has 3 atom stereocenters. The molecule has 2 saturated carbocycles. The Kier molecular flexibility index (Phi) is 2.59. The SMILES string of the molecule is C/C=C1/C[C@@H]2C[C@](CN)(CC(=O)O)[C@@H]2C1. The van der Waals surface area contributed by atoms with Gasteiger partial charge in [-0.3, -0.25) is 4.79 Å². The zero-order chi connectivity index (χ0) is 11.1. The monoisotopic (exact) mass is 209 g/mol. The summed E-state index contributed by atoms with van der Waals surface area (Å²) in [6, 6.07) is 0. The van der Waals surface area contributed by atoms with Crippen LogP contribution in [-0.4, -0.2) is 17.6 Å². The molecule has 2 aliphatic carbocycles. The number of allylic oxidation sites excluding steroid dienone is 2. The zero-order valence-electron chi connectivity index (χ0n) is 9.20. The van der Waals surface area contributed by atoms with Crippen LogP contribution in [0.15, 0.2) is 11.6 Å². The van der Waals surface area contributed by atoms with Crippen molar-refractivity contribution in [3.8, 4) is 0 Å². The predicted molar refractivity (Wildman–Crippen MR) is 58.3 cm³/mol. The van der Waals surface area contributed by atoms with Crippen molar-refractivity contribution in [2.45, 2.75) is 32.6 Å². The normalized spacial score (nSPS) is 41.3. The van der Waals surface area contributed by atoms with E-state index in [1.807, 2.05) is 0 Å². The molecule has 0 aromatic heterocycles. The summed E-state index contributed by atoms with van der Waals surface area (Å²) in [6.07, 6.45) is 5.69. The molecular formula is C12H19NO2. The van der Waals surface area contributed by atoms with E-state index in [0.29, 0.717) is 18.4 Å². The maximum atomic E-state index is 10.8. The molecule has 0 saturated heterocycles. The molecule has 0 aromatic carbocycles. The van der Waals surface area contributed by atoms with E-state index in [-0.39, 0.29) is 11.8 Å². The lowest BCUT2D eigenvalue weighted by Gasteiger charge is -2.51. The molecule has 3 nitrogen and oxygen atoms in total. The molecule has 0 spiro atoms. The standard InChI is InChI=1S/C12H19NO2/c1-2-8-3-9-5-12(7-13,6-11(14)15)10(9)4-8/h2,9-10H,3-7,13H2,1H3,(H,14,15)/b8-2-/t9-,10-,12-/m1/s1. The van der Waals surface area contributed by atoms with Crippen molar-refractivity contribution in [2.24, 2.45) is 23.0 Å². The van der Waals surface area contributed by atoms with Crippen molar-refractivity contribution in [1.29, 1.82) is 0 Å². The maximum absolute atomic E-state index is 10.8. The summed E-state index contributed by atoms with van der Waals surface area (Å²) in [7, 11) is 0. The van der Waals surface area contributed by atoms with Crippen LogP contribution in [0.25, 0.3) is 0 Å². The van der Waals surface area contributed by atoms with Gasteiger partial charge in [-0.15, -0.1) is 0 Å². The van der Waals surface area contributed by atoms with Crippen LogP contribution in [0, 0.1) is 17.3 Å². The van der Waals surface area contributed by atoms with E-state index < -0.39 is 5.97 Å². The molecule has 0 aromatic rings. The number of carboxylic acids is 1. The maximum Gasteiger partial charge on any atom is 0.303 e. The third-order valence-corrected chi connectivity index (χ3v) is 4.35. The molecule has 15 heavy (non-hydrogen) atoms. The highest BCUT2D eigenvalue weighted by Gasteiger charge is 2.56. The lowest BCUT2D eigenvalue weighted by molar-refractivity contribution is -0.145. The lowest BCUT2D eigenvalue weighted by atomic mass is 9.53. The Labute approximate surface area is 90.3 Å². The minimum atomic E-state index is -0.701. The molecule has 0 radical (unpaired) electrons. The summed E-state index contributed by atoms with van der Waals surface area (Å²) in [4.78, 5) is 10.8. The fourth-order valence-electron chi connectivity index (χ4n) is 3.50. The second-order valence-electron chi connectivity index (χ2n) is 5.06. The van der Waals surface area contributed by atoms with Gasteiger partial charge in [-0.1, -0.05) is 11.6 Å². The van der Waals surface area contributed by atoms with Gasteiger partial charge < -0.3 is 10.8 Å². The number of rotatable bonds is 3. The molecule has 0 heterocycles. The molecule has 0 aliphatic heterocycles. The average Bonchev–Trinajstić information content (AvgIpc) is 2.53. The molecule has 84 valence electrons. The van der Waals surface area contributed by atoms with Crippen molar-refractivity contribution in [3.63, 3.8) is 0 Å². The number of carboxylic acid groups (broad SMARTS) is 1. The summed E-state index contributed by atoms with van der Waals surface area (Å²) in [5.74, 6) is 0.539. The summed E-state index contributed by atoms with van der Waals surface area (Å²) < 4.78 is 0. The van der Waals surface area contributed by atoms with E-state index >= 15 is 0 Å². The van der Waals surface area contributed by atoms with Gasteiger partial charge in [0.05, 0.1) is 6.42 Å². The Morgan fingerprint density at radius 3 is 2.93 bits per heavy atom. The fourth-order valence-corrected chi connectivity index (χ4v) is 3.50. The van der Waals surface area contributed by atoms with Gasteiger partial charge in [0.15, 0.2) is 0 Å². The van der Waals surface area contributed by atoms with Gasteiger partial charge in [-0.2, -0.15) is 0 Å². The van der Waals surface area contributed by atoms with Crippen molar-refractivity contribution in [1.82, 2.24) is 0 Å². The number of aliphatic carboxylic acids is 1. The average molecular weight is 209 g/mol. The van der Waals surface area contributed by atoms with E-state index in [1.165, 1.54) is 12.0 Å². The van der Waals surface area contributed by atoms with E-state index in [2.05, 4.69) is 13.0 Å². The third kappa shape index (κ3) is 1.59. The molecule has 0 amide bonds. The van der Waals surface area contributed by atoms with Gasteiger partial charge in [0, 0.05) is 0 Å². The second kappa shape index (κ2) is 3.63. The molecule has 0 unspecified atom stereocenters. The van der Waals surface area contributed by atoms with Crippen LogP contribution in [0.5, 0.6) is 0 Å². The van der Waals surface area contributed by atoms with Gasteiger partial charge >= 0.3 is 5.97 Å². The van der Waals surface area contributed by atoms with Crippen LogP contribution in [0.4, 0.5) is 0 Å². The van der Waals surface area contributed by atoms with Crippen molar-refractivity contribution in [3.05, 3.63) is 11.6 Å². The van der Waals surface area contributed by atoms with Gasteiger partial charge in [0.1, 0.15) is 0 Å². The first-order valence-corrected chi connectivity index (χ1v) is 5.67. The van der Waals surface area contributed by atoms with Crippen LogP contribution in [0.2, 0.25) is 0 Å². The van der Waals surface area contributed by atoms with Crippen molar-refractivity contribution in [2.75, 3.05) is 6.54 Å². The minimum Gasteiger partial charge on any atom is -0.481 e. The molecule has 3 heteroatoms. The van der Waals surface area contributed by atoms with Gasteiger partial charge in [-0.25, -0.2) is 0 Å². The summed E-state index contributed by atoms with van der Waals surface area (Å²) in [5.41, 5.74) is 7.17. The van der Waals surface area contributed by atoms with Crippen molar-refractivity contribution < 1.29 is 9.90 Å². The number of nitrogens with two attached hydrogens (primary N) is 1. The number of hydrogen-bond donors (Lipinski definition) is 2. The van der Waals surface area contributed by atoms with Crippen molar-refractivity contribution >= 4 is 5.97 Å². The smallest absolute Gasteiger partial charge is 0.303 e. The van der Waals surface area contributed by atoms with Crippen LogP contribution in [0.3, 0.4) is 0 Å². The Morgan fingerprint density at radius 1 is 1.67 bits per heavy atom. The van der Waals surface area contributed by atoms with Crippen LogP contribution in [0.1, 0.15) is 32.6 Å². The highest BCUT2D eigenvalue weighted by Crippen LogP contribution is 2.61. The lowest BCUT2D eigenvalue weighted by Crippen LogP contribution is -2.51. The molecule has 2 rings (SSSR count). The second-order valence-corrected chi connectivity index (χ2v) is 5.06. The van der Waals surface area contributed by atoms with E-state index in [9.17, 15) is 4.79 Å². The van der Waals surface area contributed by atoms with Gasteiger partial charge in [0.2, 0.25) is 0 Å². The van der Waals surface area contributed by atoms with Gasteiger partial charge in [0.25, 0.3) is 0 Å². The molecule has 2 fully saturated rings. The summed E-state index contributed by atoms with van der Waals surface area (Å²) in [6.45, 7) is 2.60. The summed E-state index contributed by atoms with van der Waals surface area (Å²) >= 11 is 0. The quantitative estimate of drug-likeness (QED) is 0.696. The topological polar surface area (TPSA) is 63.3 Å². The Balaban J connectivity index is 2.09. The van der Waals surface area contributed by atoms with E-state index in [0.717, 1.165) is 12.8 Å². The number of carbonyl (C=O) groups is 1. The highest BCUT2D eigenvalue weighted by atomic mass is 16.4. The molecule has 3 N–H and O–H groups in total. The van der Waals surface area contributed by atoms with Crippen LogP contribution >= 0.6 is 0 Å². The van der Waals surface area contributed by atoms with E-state index in [4.69, 9.17) is 10.8 Å². The van der Waals surface area contributed by atoms with E-state index in [1.54, 1.807) is 0 Å². The Bertz CT molecular complexity index is 311. The molecule has 0 bridgehead atoms. The number of fused-ring (bicyclic) bond motifs is 1. The molecular weight excluding hydrogens is 190 g/mol. The first-order valence-electron chi connectivity index (χ1n) is 5.67. The van der Waals surface area contributed by atoms with Crippen LogP contribution in [-0.2, 0) is 4.79 Å². The highest BCUT2D eigenvalue weighted by molar-refractivity contribution is 5.68. The van der Waals surface area contributed by atoms with Crippen LogP contribution < -0.4 is 5.73 Å². The zero-order valence-corrected chi connectivity index (χ0v) is 9.20. The largest absolute Gasteiger partial charge is 0.481 e. The summed E-state index contributed by atoms with van der Waals surface area (Å²) in [5, 5.41) is 8.92. The first-order chi connectivity index (χ1) is 7.11. The Hall–Kier alpha value is -0.830. The predicted octanol–water partition coefficient (Wildman–Crippen LogP) is 1.78. The minimum absolute atomic E-state index is 0.0960. The number of hydrogen-bond acceptors (Lipinski definition) is 2. The Morgan fingerprint density at radius 2 is 2.40 bits per heavy atom. The fraction of sp³-hybridized carbons (Fsp3) is 0.750. The molecule has 2 aliphatic rings. The first kappa shape index (κ1) is 10.7. The van der Waals surface area contributed by atoms with Gasteiger partial charge in [-0.05, 0) is 50.0 Å². The third-order valence-electron chi connectivity index (χ3n) is 4.35.